The maximum Gasteiger partial charge on any atom is 1.00 e. The number of carbonyl (C=O) groups excluding carboxylic acids is 1. The summed E-state index contributed by atoms with van der Waals surface area (Å²) in [6.07, 6.45) is 0. The standard InChI is InChI=1S/C7H4BF5NO.K/c9-4-1-3(8(11,12)13)2-5(10)6(4)7(14)15;/h1-2H,(H2,14,15);/q-1;+1. The molecule has 0 radical (unpaired) electrons. The van der Waals surface area contributed by atoms with E-state index < -0.39 is 35.5 Å². The third-order valence-corrected chi connectivity index (χ3v) is 1.69. The predicted molar refractivity (Wildman–Crippen MR) is 43.6 cm³/mol. The Bertz CT molecular complexity index is 399. The molecular formula is C7H4BF5KNO. The summed E-state index contributed by atoms with van der Waals surface area (Å²) in [5.41, 5.74) is 1.96. The minimum atomic E-state index is -5.51. The first-order valence-corrected chi connectivity index (χ1v) is 3.72. The van der Waals surface area contributed by atoms with Crippen LogP contribution in [0, 0.1) is 11.6 Å². The molecule has 2 N–H and O–H groups in total. The van der Waals surface area contributed by atoms with Gasteiger partial charge in [0.1, 0.15) is 17.2 Å². The van der Waals surface area contributed by atoms with E-state index in [0.717, 1.165) is 0 Å². The molecule has 1 amide bonds. The van der Waals surface area contributed by atoms with E-state index in [4.69, 9.17) is 0 Å². The Morgan fingerprint density at radius 2 is 1.50 bits per heavy atom. The van der Waals surface area contributed by atoms with Crippen molar-refractivity contribution in [2.45, 2.75) is 0 Å². The fourth-order valence-corrected chi connectivity index (χ4v) is 1.02. The van der Waals surface area contributed by atoms with Gasteiger partial charge in [0, 0.05) is 0 Å². The van der Waals surface area contributed by atoms with Gasteiger partial charge >= 0.3 is 58.4 Å². The van der Waals surface area contributed by atoms with Crippen molar-refractivity contribution in [3.8, 4) is 0 Å². The number of halogens is 5. The van der Waals surface area contributed by atoms with Crippen molar-refractivity contribution in [3.05, 3.63) is 29.3 Å². The molecule has 0 spiro atoms. The van der Waals surface area contributed by atoms with Crippen LogP contribution in [0.2, 0.25) is 0 Å². The molecule has 0 atom stereocenters. The van der Waals surface area contributed by atoms with Crippen molar-refractivity contribution in [2.75, 3.05) is 0 Å². The number of rotatable bonds is 2. The molecule has 0 aliphatic rings. The number of amides is 1. The quantitative estimate of drug-likeness (QED) is 0.492. The van der Waals surface area contributed by atoms with Crippen molar-refractivity contribution in [2.24, 2.45) is 5.73 Å². The number of hydrogen-bond donors (Lipinski definition) is 1. The van der Waals surface area contributed by atoms with Gasteiger partial charge in [-0.1, -0.05) is 12.1 Å². The second-order valence-electron chi connectivity index (χ2n) is 2.80. The molecule has 0 aromatic heterocycles. The van der Waals surface area contributed by atoms with Gasteiger partial charge in [0.25, 0.3) is 5.91 Å². The summed E-state index contributed by atoms with van der Waals surface area (Å²) in [5, 5.41) is 0. The Kier molecular flexibility index (Phi) is 5.60. The van der Waals surface area contributed by atoms with Crippen LogP contribution in [0.15, 0.2) is 12.1 Å². The first-order chi connectivity index (χ1) is 6.73. The molecule has 1 aromatic rings. The first kappa shape index (κ1) is 16.0. The van der Waals surface area contributed by atoms with Crippen molar-refractivity contribution in [1.82, 2.24) is 0 Å². The smallest absolute Gasteiger partial charge is 0.445 e. The van der Waals surface area contributed by atoms with Crippen LogP contribution in [0.3, 0.4) is 0 Å². The molecule has 2 nitrogen and oxygen atoms in total. The van der Waals surface area contributed by atoms with Crippen LogP contribution in [0.1, 0.15) is 10.4 Å². The Balaban J connectivity index is 0.00000225. The van der Waals surface area contributed by atoms with Gasteiger partial charge in [-0.25, -0.2) is 8.78 Å². The minimum Gasteiger partial charge on any atom is -0.445 e. The SMILES string of the molecule is NC(=O)c1c(F)cc([B-](F)(F)F)cc1F.[K+]. The molecule has 0 aliphatic carbocycles. The zero-order chi connectivity index (χ0) is 11.8. The average Bonchev–Trinajstić information content (AvgIpc) is 1.99. The maximum atomic E-state index is 12.9. The molecule has 0 bridgehead atoms. The second kappa shape index (κ2) is 5.59. The van der Waals surface area contributed by atoms with Gasteiger partial charge in [0.15, 0.2) is 0 Å². The van der Waals surface area contributed by atoms with Gasteiger partial charge in [0.05, 0.1) is 0 Å². The summed E-state index contributed by atoms with van der Waals surface area (Å²) in [4.78, 5) is 10.5. The largest absolute Gasteiger partial charge is 1.00 e. The van der Waals surface area contributed by atoms with Crippen LogP contribution in [0.5, 0.6) is 0 Å². The third-order valence-electron chi connectivity index (χ3n) is 1.69. The maximum absolute atomic E-state index is 12.9. The van der Waals surface area contributed by atoms with Gasteiger partial charge in [0.2, 0.25) is 0 Å². The van der Waals surface area contributed by atoms with E-state index >= 15 is 0 Å². The number of benzene rings is 1. The van der Waals surface area contributed by atoms with E-state index in [0.29, 0.717) is 0 Å². The molecule has 0 fully saturated rings. The van der Waals surface area contributed by atoms with Crippen molar-refractivity contribution < 1.29 is 77.9 Å². The molecule has 82 valence electrons. The summed E-state index contributed by atoms with van der Waals surface area (Å²) in [6.45, 7) is -5.51. The number of primary amides is 1. The number of nitrogens with two attached hydrogens (primary N) is 1. The van der Waals surface area contributed by atoms with Crippen LogP contribution in [-0.2, 0) is 0 Å². The van der Waals surface area contributed by atoms with Crippen LogP contribution in [-0.4, -0.2) is 12.9 Å². The Morgan fingerprint density at radius 3 is 1.75 bits per heavy atom. The zero-order valence-electron chi connectivity index (χ0n) is 8.11. The van der Waals surface area contributed by atoms with Crippen LogP contribution in [0.25, 0.3) is 0 Å². The zero-order valence-corrected chi connectivity index (χ0v) is 11.2. The summed E-state index contributed by atoms with van der Waals surface area (Å²) < 4.78 is 62.0. The minimum absolute atomic E-state index is 0. The monoisotopic (exact) mass is 263 g/mol. The summed E-state index contributed by atoms with van der Waals surface area (Å²) in [7, 11) is 0. The molecule has 1 aromatic carbocycles. The van der Waals surface area contributed by atoms with Crippen LogP contribution in [0.4, 0.5) is 21.7 Å². The van der Waals surface area contributed by atoms with E-state index in [-0.39, 0.29) is 63.5 Å². The number of carbonyl (C=O) groups is 1. The third kappa shape index (κ3) is 3.52. The summed E-state index contributed by atoms with van der Waals surface area (Å²) in [5.74, 6) is -4.68. The van der Waals surface area contributed by atoms with Crippen molar-refractivity contribution in [3.63, 3.8) is 0 Å². The van der Waals surface area contributed by atoms with Crippen molar-refractivity contribution >= 4 is 18.3 Å². The molecule has 0 saturated heterocycles. The summed E-state index contributed by atoms with van der Waals surface area (Å²) in [6, 6.07) is 0.0896. The molecule has 0 aliphatic heterocycles. The molecule has 9 heteroatoms. The van der Waals surface area contributed by atoms with Gasteiger partial charge in [-0.2, -0.15) is 0 Å². The molecular weight excluding hydrogens is 259 g/mol. The van der Waals surface area contributed by atoms with E-state index in [1.807, 2.05) is 0 Å². The first-order valence-electron chi connectivity index (χ1n) is 3.72. The van der Waals surface area contributed by atoms with Crippen LogP contribution >= 0.6 is 0 Å². The fraction of sp³-hybridized carbons (Fsp3) is 0. The molecule has 0 heterocycles. The molecule has 1 rings (SSSR count). The van der Waals surface area contributed by atoms with Crippen molar-refractivity contribution in [1.29, 1.82) is 0 Å². The van der Waals surface area contributed by atoms with Gasteiger partial charge in [-0.3, -0.25) is 4.79 Å². The predicted octanol–water partition coefficient (Wildman–Crippen LogP) is -1.88. The normalized spacial score (nSPS) is 10.8. The van der Waals surface area contributed by atoms with Crippen LogP contribution < -0.4 is 62.6 Å². The Labute approximate surface area is 130 Å². The Morgan fingerprint density at radius 1 is 1.12 bits per heavy atom. The number of hydrogen-bond acceptors (Lipinski definition) is 1. The average molecular weight is 263 g/mol. The van der Waals surface area contributed by atoms with Gasteiger partial charge in [-0.05, 0) is 0 Å². The summed E-state index contributed by atoms with van der Waals surface area (Å²) >= 11 is 0. The van der Waals surface area contributed by atoms with E-state index in [1.165, 1.54) is 0 Å². The van der Waals surface area contributed by atoms with Gasteiger partial charge in [-0.15, -0.1) is 5.46 Å². The second-order valence-corrected chi connectivity index (χ2v) is 2.80. The molecule has 0 saturated carbocycles. The Hall–Kier alpha value is 0.0413. The topological polar surface area (TPSA) is 43.1 Å². The van der Waals surface area contributed by atoms with E-state index in [9.17, 15) is 26.5 Å². The molecule has 16 heavy (non-hydrogen) atoms. The fourth-order valence-electron chi connectivity index (χ4n) is 1.02. The van der Waals surface area contributed by atoms with E-state index in [1.54, 1.807) is 0 Å². The molecule has 0 unspecified atom stereocenters. The van der Waals surface area contributed by atoms with E-state index in [2.05, 4.69) is 5.73 Å². The van der Waals surface area contributed by atoms with Gasteiger partial charge < -0.3 is 18.7 Å².